The first-order valence-corrected chi connectivity index (χ1v) is 4.17. The van der Waals surface area contributed by atoms with Crippen LogP contribution in [0.3, 0.4) is 0 Å². The Balaban J connectivity index is 2.44. The minimum absolute atomic E-state index is 0.144. The van der Waals surface area contributed by atoms with Crippen molar-refractivity contribution in [3.8, 4) is 17.3 Å². The Kier molecular flexibility index (Phi) is 2.10. The van der Waals surface area contributed by atoms with Crippen molar-refractivity contribution in [1.29, 1.82) is 0 Å². The fraction of sp³-hybridized carbons (Fsp3) is 0.100. The van der Waals surface area contributed by atoms with E-state index in [2.05, 4.69) is 4.98 Å². The third kappa shape index (κ3) is 1.42. The molecule has 0 aliphatic rings. The fourth-order valence-electron chi connectivity index (χ4n) is 1.22. The lowest BCUT2D eigenvalue weighted by Gasteiger charge is -2.02. The quantitative estimate of drug-likeness (QED) is 0.782. The Hall–Kier alpha value is -1.97. The molecule has 2 heterocycles. The van der Waals surface area contributed by atoms with Gasteiger partial charge in [-0.3, -0.25) is 0 Å². The maximum absolute atomic E-state index is 9.52. The average molecular weight is 190 g/mol. The molecular weight excluding hydrogens is 180 g/mol. The zero-order valence-corrected chi connectivity index (χ0v) is 7.71. The Morgan fingerprint density at radius 2 is 2.29 bits per heavy atom. The van der Waals surface area contributed by atoms with E-state index in [4.69, 9.17) is 4.74 Å². The Morgan fingerprint density at radius 1 is 1.43 bits per heavy atom. The second-order valence-corrected chi connectivity index (χ2v) is 2.80. The minimum atomic E-state index is 0.144. The number of aromatic nitrogens is 2. The Bertz CT molecular complexity index is 437. The molecule has 2 aromatic heterocycles. The molecule has 72 valence electrons. The summed E-state index contributed by atoms with van der Waals surface area (Å²) in [6.07, 6.45) is 5.16. The van der Waals surface area contributed by atoms with Crippen molar-refractivity contribution in [2.75, 3.05) is 7.11 Å². The van der Waals surface area contributed by atoms with Gasteiger partial charge in [-0.15, -0.1) is 0 Å². The van der Waals surface area contributed by atoms with Gasteiger partial charge in [0.15, 0.2) is 11.6 Å². The van der Waals surface area contributed by atoms with Crippen molar-refractivity contribution in [1.82, 2.24) is 9.55 Å². The van der Waals surface area contributed by atoms with Gasteiger partial charge in [0.2, 0.25) is 0 Å². The van der Waals surface area contributed by atoms with E-state index in [0.717, 1.165) is 5.75 Å². The van der Waals surface area contributed by atoms with Crippen LogP contribution in [-0.4, -0.2) is 21.8 Å². The first kappa shape index (κ1) is 8.62. The molecule has 2 aromatic rings. The van der Waals surface area contributed by atoms with Crippen LogP contribution in [0.2, 0.25) is 0 Å². The summed E-state index contributed by atoms with van der Waals surface area (Å²) in [6, 6.07) is 5.07. The number of hydrogen-bond acceptors (Lipinski definition) is 3. The molecule has 0 bridgehead atoms. The number of methoxy groups -OCH3 is 1. The van der Waals surface area contributed by atoms with Gasteiger partial charge < -0.3 is 14.4 Å². The third-order valence-electron chi connectivity index (χ3n) is 1.91. The number of rotatable bonds is 2. The number of hydrogen-bond donors (Lipinski definition) is 1. The highest BCUT2D eigenvalue weighted by atomic mass is 16.5. The van der Waals surface area contributed by atoms with Crippen LogP contribution < -0.4 is 4.74 Å². The van der Waals surface area contributed by atoms with Crippen LogP contribution in [0.15, 0.2) is 36.8 Å². The first-order chi connectivity index (χ1) is 6.81. The molecule has 4 nitrogen and oxygen atoms in total. The lowest BCUT2D eigenvalue weighted by molar-refractivity contribution is 0.414. The zero-order chi connectivity index (χ0) is 9.97. The van der Waals surface area contributed by atoms with E-state index in [0.29, 0.717) is 5.82 Å². The van der Waals surface area contributed by atoms with Gasteiger partial charge in [-0.1, -0.05) is 0 Å². The first-order valence-electron chi connectivity index (χ1n) is 4.17. The summed E-state index contributed by atoms with van der Waals surface area (Å²) in [7, 11) is 1.60. The van der Waals surface area contributed by atoms with Gasteiger partial charge in [-0.05, 0) is 18.2 Å². The number of pyridine rings is 1. The Morgan fingerprint density at radius 3 is 2.93 bits per heavy atom. The molecule has 1 N–H and O–H groups in total. The topological polar surface area (TPSA) is 47.3 Å². The monoisotopic (exact) mass is 190 g/mol. The molecule has 14 heavy (non-hydrogen) atoms. The normalized spacial score (nSPS) is 10.1. The molecule has 0 unspecified atom stereocenters. The van der Waals surface area contributed by atoms with Crippen molar-refractivity contribution in [2.45, 2.75) is 0 Å². The molecule has 0 aromatic carbocycles. The zero-order valence-electron chi connectivity index (χ0n) is 7.71. The summed E-state index contributed by atoms with van der Waals surface area (Å²) in [5.74, 6) is 1.37. The SMILES string of the molecule is COc1ccn(-c2ncccc2O)c1. The van der Waals surface area contributed by atoms with Gasteiger partial charge in [0.1, 0.15) is 5.75 Å². The van der Waals surface area contributed by atoms with Crippen molar-refractivity contribution in [2.24, 2.45) is 0 Å². The van der Waals surface area contributed by atoms with Crippen molar-refractivity contribution in [3.05, 3.63) is 36.8 Å². The maximum Gasteiger partial charge on any atom is 0.179 e. The van der Waals surface area contributed by atoms with E-state index < -0.39 is 0 Å². The molecule has 4 heteroatoms. The van der Waals surface area contributed by atoms with Crippen LogP contribution in [0, 0.1) is 0 Å². The summed E-state index contributed by atoms with van der Waals surface area (Å²) in [6.45, 7) is 0. The van der Waals surface area contributed by atoms with Gasteiger partial charge in [-0.25, -0.2) is 4.98 Å². The number of ether oxygens (including phenoxy) is 1. The Labute approximate surface area is 81.4 Å². The molecule has 0 radical (unpaired) electrons. The van der Waals surface area contributed by atoms with Crippen LogP contribution in [0.4, 0.5) is 0 Å². The maximum atomic E-state index is 9.52. The highest BCUT2D eigenvalue weighted by Crippen LogP contribution is 2.20. The van der Waals surface area contributed by atoms with Gasteiger partial charge in [-0.2, -0.15) is 0 Å². The van der Waals surface area contributed by atoms with E-state index in [1.54, 1.807) is 48.5 Å². The van der Waals surface area contributed by atoms with Crippen LogP contribution in [-0.2, 0) is 0 Å². The highest BCUT2D eigenvalue weighted by molar-refractivity contribution is 5.40. The molecule has 0 aliphatic heterocycles. The summed E-state index contributed by atoms with van der Waals surface area (Å²) in [5, 5.41) is 9.52. The van der Waals surface area contributed by atoms with Gasteiger partial charge in [0, 0.05) is 12.4 Å². The van der Waals surface area contributed by atoms with Gasteiger partial charge in [0.05, 0.1) is 13.3 Å². The fourth-order valence-corrected chi connectivity index (χ4v) is 1.22. The van der Waals surface area contributed by atoms with Crippen molar-refractivity contribution < 1.29 is 9.84 Å². The van der Waals surface area contributed by atoms with Crippen LogP contribution in [0.1, 0.15) is 0 Å². The van der Waals surface area contributed by atoms with Crippen molar-refractivity contribution >= 4 is 0 Å². The molecule has 0 fully saturated rings. The molecule has 0 atom stereocenters. The summed E-state index contributed by atoms with van der Waals surface area (Å²) < 4.78 is 6.73. The number of aromatic hydroxyl groups is 1. The van der Waals surface area contributed by atoms with Crippen LogP contribution in [0.25, 0.3) is 5.82 Å². The number of nitrogens with zero attached hydrogens (tertiary/aromatic N) is 2. The standard InChI is InChI=1S/C10H10N2O2/c1-14-8-4-6-12(7-8)10-9(13)3-2-5-11-10/h2-7,13H,1H3. The molecular formula is C10H10N2O2. The highest BCUT2D eigenvalue weighted by Gasteiger charge is 2.04. The van der Waals surface area contributed by atoms with Gasteiger partial charge in [0.25, 0.3) is 0 Å². The molecule has 0 aliphatic carbocycles. The molecule has 0 saturated carbocycles. The summed E-state index contributed by atoms with van der Waals surface area (Å²) >= 11 is 0. The summed E-state index contributed by atoms with van der Waals surface area (Å²) in [5.41, 5.74) is 0. The smallest absolute Gasteiger partial charge is 0.179 e. The molecule has 0 amide bonds. The van der Waals surface area contributed by atoms with E-state index in [1.807, 2.05) is 0 Å². The van der Waals surface area contributed by atoms with Crippen LogP contribution >= 0.6 is 0 Å². The molecule has 2 rings (SSSR count). The molecule has 0 saturated heterocycles. The van der Waals surface area contributed by atoms with E-state index in [1.165, 1.54) is 0 Å². The second kappa shape index (κ2) is 3.41. The van der Waals surface area contributed by atoms with E-state index in [-0.39, 0.29) is 5.75 Å². The second-order valence-electron chi connectivity index (χ2n) is 2.80. The predicted molar refractivity (Wildman–Crippen MR) is 51.8 cm³/mol. The van der Waals surface area contributed by atoms with Crippen LogP contribution in [0.5, 0.6) is 11.5 Å². The van der Waals surface area contributed by atoms with Crippen molar-refractivity contribution in [3.63, 3.8) is 0 Å². The van der Waals surface area contributed by atoms with E-state index in [9.17, 15) is 5.11 Å². The molecule has 0 spiro atoms. The van der Waals surface area contributed by atoms with E-state index >= 15 is 0 Å². The largest absolute Gasteiger partial charge is 0.504 e. The third-order valence-corrected chi connectivity index (χ3v) is 1.91. The minimum Gasteiger partial charge on any atom is -0.504 e. The lowest BCUT2D eigenvalue weighted by atomic mass is 10.4. The van der Waals surface area contributed by atoms with Gasteiger partial charge >= 0.3 is 0 Å². The lowest BCUT2D eigenvalue weighted by Crippen LogP contribution is -1.93. The average Bonchev–Trinajstić information content (AvgIpc) is 2.67. The summed E-state index contributed by atoms with van der Waals surface area (Å²) in [4.78, 5) is 4.05. The predicted octanol–water partition coefficient (Wildman–Crippen LogP) is 1.59.